The van der Waals surface area contributed by atoms with Gasteiger partial charge < -0.3 is 5.32 Å². The van der Waals surface area contributed by atoms with Gasteiger partial charge in [-0.15, -0.1) is 0 Å². The standard InChI is InChI=1S/C16H16BrClFN/c1-9-8-13(18)10(2)7-12(9)16(20-3)11-5-4-6-14(19)15(11)17/h4-8,16,20H,1-3H3. The molecule has 0 aromatic heterocycles. The van der Waals surface area contributed by atoms with Crippen LogP contribution in [0.1, 0.15) is 28.3 Å². The van der Waals surface area contributed by atoms with Crippen LogP contribution in [-0.2, 0) is 0 Å². The fourth-order valence-electron chi connectivity index (χ4n) is 2.34. The van der Waals surface area contributed by atoms with Gasteiger partial charge in [0.1, 0.15) is 5.82 Å². The zero-order chi connectivity index (χ0) is 14.9. The van der Waals surface area contributed by atoms with E-state index < -0.39 is 0 Å². The number of benzene rings is 2. The smallest absolute Gasteiger partial charge is 0.137 e. The van der Waals surface area contributed by atoms with Crippen molar-refractivity contribution >= 4 is 27.5 Å². The molecule has 1 atom stereocenters. The Balaban J connectivity index is 2.58. The van der Waals surface area contributed by atoms with Gasteiger partial charge in [0.2, 0.25) is 0 Å². The maximum absolute atomic E-state index is 13.7. The quantitative estimate of drug-likeness (QED) is 0.800. The normalized spacial score (nSPS) is 12.5. The third-order valence-corrected chi connectivity index (χ3v) is 4.68. The first-order chi connectivity index (χ1) is 9.45. The maximum Gasteiger partial charge on any atom is 0.137 e. The lowest BCUT2D eigenvalue weighted by molar-refractivity contribution is 0.607. The summed E-state index contributed by atoms with van der Waals surface area (Å²) in [5.74, 6) is -0.258. The molecule has 1 unspecified atom stereocenters. The highest BCUT2D eigenvalue weighted by molar-refractivity contribution is 9.10. The lowest BCUT2D eigenvalue weighted by Crippen LogP contribution is -2.19. The molecule has 0 aliphatic heterocycles. The molecule has 0 fully saturated rings. The van der Waals surface area contributed by atoms with Gasteiger partial charge in [-0.05, 0) is 71.2 Å². The lowest BCUT2D eigenvalue weighted by Gasteiger charge is -2.22. The van der Waals surface area contributed by atoms with E-state index >= 15 is 0 Å². The summed E-state index contributed by atoms with van der Waals surface area (Å²) in [5.41, 5.74) is 4.06. The average Bonchev–Trinajstić information content (AvgIpc) is 2.41. The first-order valence-electron chi connectivity index (χ1n) is 6.33. The monoisotopic (exact) mass is 355 g/mol. The zero-order valence-corrected chi connectivity index (χ0v) is 13.9. The summed E-state index contributed by atoms with van der Waals surface area (Å²) in [5, 5.41) is 4.00. The Hall–Kier alpha value is -0.900. The highest BCUT2D eigenvalue weighted by atomic mass is 79.9. The predicted molar refractivity (Wildman–Crippen MR) is 85.9 cm³/mol. The van der Waals surface area contributed by atoms with E-state index in [1.165, 1.54) is 6.07 Å². The van der Waals surface area contributed by atoms with Crippen LogP contribution in [0, 0.1) is 19.7 Å². The second kappa shape index (κ2) is 6.25. The molecule has 0 heterocycles. The van der Waals surface area contributed by atoms with Crippen molar-refractivity contribution in [1.29, 1.82) is 0 Å². The van der Waals surface area contributed by atoms with E-state index in [1.54, 1.807) is 6.07 Å². The molecular weight excluding hydrogens is 341 g/mol. The van der Waals surface area contributed by atoms with Gasteiger partial charge in [0.05, 0.1) is 10.5 Å². The summed E-state index contributed by atoms with van der Waals surface area (Å²) in [4.78, 5) is 0. The Bertz CT molecular complexity index is 643. The molecule has 0 radical (unpaired) electrons. The van der Waals surface area contributed by atoms with Gasteiger partial charge >= 0.3 is 0 Å². The van der Waals surface area contributed by atoms with Gasteiger partial charge in [0.25, 0.3) is 0 Å². The summed E-state index contributed by atoms with van der Waals surface area (Å²) in [7, 11) is 1.87. The van der Waals surface area contributed by atoms with E-state index in [1.807, 2.05) is 33.0 Å². The topological polar surface area (TPSA) is 12.0 Å². The van der Waals surface area contributed by atoms with Crippen molar-refractivity contribution in [1.82, 2.24) is 5.32 Å². The zero-order valence-electron chi connectivity index (χ0n) is 11.6. The Morgan fingerprint density at radius 2 is 1.85 bits per heavy atom. The molecular formula is C16H16BrClFN. The van der Waals surface area contributed by atoms with Crippen LogP contribution in [0.4, 0.5) is 4.39 Å². The Labute approximate surface area is 132 Å². The molecule has 2 aromatic carbocycles. The van der Waals surface area contributed by atoms with Crippen LogP contribution < -0.4 is 5.32 Å². The molecule has 4 heteroatoms. The highest BCUT2D eigenvalue weighted by Gasteiger charge is 2.19. The van der Waals surface area contributed by atoms with E-state index in [-0.39, 0.29) is 11.9 Å². The molecule has 1 nitrogen and oxygen atoms in total. The van der Waals surface area contributed by atoms with E-state index in [2.05, 4.69) is 27.3 Å². The van der Waals surface area contributed by atoms with Gasteiger partial charge in [0, 0.05) is 5.02 Å². The van der Waals surface area contributed by atoms with Crippen molar-refractivity contribution in [3.8, 4) is 0 Å². The van der Waals surface area contributed by atoms with Crippen molar-refractivity contribution in [3.05, 3.63) is 67.9 Å². The molecule has 0 aliphatic rings. The number of nitrogens with one attached hydrogen (secondary N) is 1. The lowest BCUT2D eigenvalue weighted by atomic mass is 9.93. The number of rotatable bonds is 3. The van der Waals surface area contributed by atoms with Gasteiger partial charge in [0.15, 0.2) is 0 Å². The first kappa shape index (κ1) is 15.5. The molecule has 20 heavy (non-hydrogen) atoms. The summed E-state index contributed by atoms with van der Waals surface area (Å²) in [6.45, 7) is 3.98. The number of halogens is 3. The molecule has 0 bridgehead atoms. The molecule has 2 aromatic rings. The summed E-state index contributed by atoms with van der Waals surface area (Å²) < 4.78 is 14.2. The van der Waals surface area contributed by atoms with Crippen LogP contribution in [-0.4, -0.2) is 7.05 Å². The van der Waals surface area contributed by atoms with Crippen molar-refractivity contribution in [3.63, 3.8) is 0 Å². The van der Waals surface area contributed by atoms with Crippen LogP contribution in [0.25, 0.3) is 0 Å². The summed E-state index contributed by atoms with van der Waals surface area (Å²) >= 11 is 9.48. The fourth-order valence-corrected chi connectivity index (χ4v) is 3.05. The van der Waals surface area contributed by atoms with E-state index in [9.17, 15) is 4.39 Å². The minimum atomic E-state index is -0.258. The minimum absolute atomic E-state index is 0.0870. The second-order valence-corrected chi connectivity index (χ2v) is 6.02. The van der Waals surface area contributed by atoms with Crippen LogP contribution in [0.2, 0.25) is 5.02 Å². The van der Waals surface area contributed by atoms with Crippen LogP contribution in [0.5, 0.6) is 0 Å². The van der Waals surface area contributed by atoms with Gasteiger partial charge in [-0.2, -0.15) is 0 Å². The fraction of sp³-hybridized carbons (Fsp3) is 0.250. The Kier molecular flexibility index (Phi) is 4.84. The van der Waals surface area contributed by atoms with Crippen molar-refractivity contribution in [2.75, 3.05) is 7.05 Å². The number of hydrogen-bond donors (Lipinski definition) is 1. The third kappa shape index (κ3) is 2.90. The average molecular weight is 357 g/mol. The highest BCUT2D eigenvalue weighted by Crippen LogP contribution is 2.33. The summed E-state index contributed by atoms with van der Waals surface area (Å²) in [6.07, 6.45) is 0. The summed E-state index contributed by atoms with van der Waals surface area (Å²) in [6, 6.07) is 8.99. The largest absolute Gasteiger partial charge is 0.309 e. The van der Waals surface area contributed by atoms with Crippen LogP contribution in [0.15, 0.2) is 34.8 Å². The van der Waals surface area contributed by atoms with E-state index in [0.717, 1.165) is 27.3 Å². The molecule has 0 saturated carbocycles. The van der Waals surface area contributed by atoms with Crippen molar-refractivity contribution in [2.45, 2.75) is 19.9 Å². The molecule has 2 rings (SSSR count). The maximum atomic E-state index is 13.7. The first-order valence-corrected chi connectivity index (χ1v) is 7.50. The SMILES string of the molecule is CNC(c1cc(C)c(Cl)cc1C)c1cccc(F)c1Br. The van der Waals surface area contributed by atoms with Crippen molar-refractivity contribution in [2.24, 2.45) is 0 Å². The van der Waals surface area contributed by atoms with E-state index in [0.29, 0.717) is 4.47 Å². The number of aryl methyl sites for hydroxylation is 2. The molecule has 0 saturated heterocycles. The Morgan fingerprint density at radius 3 is 2.50 bits per heavy atom. The Morgan fingerprint density at radius 1 is 1.15 bits per heavy atom. The molecule has 0 amide bonds. The van der Waals surface area contributed by atoms with Crippen LogP contribution >= 0.6 is 27.5 Å². The molecule has 0 aliphatic carbocycles. The van der Waals surface area contributed by atoms with Gasteiger partial charge in [-0.3, -0.25) is 0 Å². The van der Waals surface area contributed by atoms with Gasteiger partial charge in [-0.1, -0.05) is 29.8 Å². The van der Waals surface area contributed by atoms with Crippen LogP contribution in [0.3, 0.4) is 0 Å². The molecule has 1 N–H and O–H groups in total. The second-order valence-electron chi connectivity index (χ2n) is 4.82. The van der Waals surface area contributed by atoms with E-state index in [4.69, 9.17) is 11.6 Å². The van der Waals surface area contributed by atoms with Crippen molar-refractivity contribution < 1.29 is 4.39 Å². The van der Waals surface area contributed by atoms with Gasteiger partial charge in [-0.25, -0.2) is 4.39 Å². The predicted octanol–water partition coefficient (Wildman–Crippen LogP) is 5.17. The minimum Gasteiger partial charge on any atom is -0.309 e. The molecule has 106 valence electrons. The molecule has 0 spiro atoms. The third-order valence-electron chi connectivity index (χ3n) is 3.44. The number of hydrogen-bond acceptors (Lipinski definition) is 1.